The molecule has 3 heterocycles. The third-order valence-corrected chi connectivity index (χ3v) is 7.97. The summed E-state index contributed by atoms with van der Waals surface area (Å²) in [5.74, 6) is 2.47. The Kier molecular flexibility index (Phi) is 7.21. The molecule has 0 spiro atoms. The van der Waals surface area contributed by atoms with Gasteiger partial charge in [-0.2, -0.15) is 0 Å². The molecule has 3 aliphatic heterocycles. The van der Waals surface area contributed by atoms with Crippen molar-refractivity contribution in [3.8, 4) is 23.0 Å². The summed E-state index contributed by atoms with van der Waals surface area (Å²) in [6.07, 6.45) is 0.166. The van der Waals surface area contributed by atoms with Gasteiger partial charge in [-0.3, -0.25) is 14.5 Å². The van der Waals surface area contributed by atoms with E-state index in [-0.39, 0.29) is 25.0 Å². The minimum Gasteiger partial charge on any atom is -0.497 e. The molecule has 208 valence electrons. The highest BCUT2D eigenvalue weighted by Crippen LogP contribution is 2.43. The van der Waals surface area contributed by atoms with Gasteiger partial charge in [0.1, 0.15) is 11.5 Å². The number of benzene rings is 3. The second-order valence-corrected chi connectivity index (χ2v) is 10.3. The van der Waals surface area contributed by atoms with E-state index >= 15 is 0 Å². The molecule has 3 aromatic rings. The van der Waals surface area contributed by atoms with Gasteiger partial charge in [0.25, 0.3) is 0 Å². The molecular weight excluding hydrogens is 510 g/mol. The van der Waals surface area contributed by atoms with Crippen LogP contribution < -0.4 is 23.8 Å². The van der Waals surface area contributed by atoms with Crippen LogP contribution in [-0.4, -0.2) is 68.8 Å². The monoisotopic (exact) mass is 543 g/mol. The highest BCUT2D eigenvalue weighted by molar-refractivity contribution is 6.01. The van der Waals surface area contributed by atoms with E-state index in [1.165, 1.54) is 0 Å². The quantitative estimate of drug-likeness (QED) is 0.448. The van der Waals surface area contributed by atoms with Crippen LogP contribution in [0.2, 0.25) is 0 Å². The molecule has 2 unspecified atom stereocenters. The van der Waals surface area contributed by atoms with Crippen molar-refractivity contribution >= 4 is 17.5 Å². The van der Waals surface area contributed by atoms with E-state index in [1.54, 1.807) is 19.1 Å². The fourth-order valence-corrected chi connectivity index (χ4v) is 5.84. The van der Waals surface area contributed by atoms with Gasteiger partial charge >= 0.3 is 0 Å². The molecule has 0 radical (unpaired) electrons. The Morgan fingerprint density at radius 1 is 0.850 bits per heavy atom. The van der Waals surface area contributed by atoms with Crippen LogP contribution in [0.3, 0.4) is 0 Å². The second-order valence-electron chi connectivity index (χ2n) is 10.3. The molecule has 40 heavy (non-hydrogen) atoms. The third kappa shape index (κ3) is 5.04. The number of piperazine rings is 1. The molecule has 0 aliphatic carbocycles. The van der Waals surface area contributed by atoms with Gasteiger partial charge in [-0.25, -0.2) is 0 Å². The third-order valence-electron chi connectivity index (χ3n) is 7.97. The molecule has 2 saturated heterocycles. The van der Waals surface area contributed by atoms with Gasteiger partial charge in [-0.05, 0) is 59.7 Å². The number of ether oxygens (including phenoxy) is 4. The van der Waals surface area contributed by atoms with Crippen molar-refractivity contribution < 1.29 is 28.5 Å². The van der Waals surface area contributed by atoms with Crippen molar-refractivity contribution in [1.82, 2.24) is 9.80 Å². The SMILES string of the molecule is COc1ccc(C2C(C(=O)N3CCN(Cc4ccc5c(c4)OCO5)CC3)CC(=O)N2c2ccc(OC)cc2)cc1. The van der Waals surface area contributed by atoms with Crippen LogP contribution in [0.4, 0.5) is 5.69 Å². The van der Waals surface area contributed by atoms with Crippen LogP contribution in [0.15, 0.2) is 66.7 Å². The maximum absolute atomic E-state index is 14.0. The number of hydrogen-bond donors (Lipinski definition) is 0. The predicted octanol–water partition coefficient (Wildman–Crippen LogP) is 3.87. The van der Waals surface area contributed by atoms with Gasteiger partial charge in [-0.15, -0.1) is 0 Å². The van der Waals surface area contributed by atoms with Crippen LogP contribution >= 0.6 is 0 Å². The summed E-state index contributed by atoms with van der Waals surface area (Å²) in [4.78, 5) is 33.4. The topological polar surface area (TPSA) is 80.8 Å². The zero-order valence-electron chi connectivity index (χ0n) is 22.7. The van der Waals surface area contributed by atoms with Crippen molar-refractivity contribution in [1.29, 1.82) is 0 Å². The van der Waals surface area contributed by atoms with Gasteiger partial charge in [0.05, 0.1) is 26.2 Å². The van der Waals surface area contributed by atoms with Crippen LogP contribution in [0.5, 0.6) is 23.0 Å². The first-order valence-corrected chi connectivity index (χ1v) is 13.5. The fourth-order valence-electron chi connectivity index (χ4n) is 5.84. The Morgan fingerprint density at radius 3 is 2.17 bits per heavy atom. The highest BCUT2D eigenvalue weighted by Gasteiger charge is 2.46. The number of anilines is 1. The summed E-state index contributed by atoms with van der Waals surface area (Å²) in [7, 11) is 3.23. The van der Waals surface area contributed by atoms with Crippen molar-refractivity contribution in [3.63, 3.8) is 0 Å². The van der Waals surface area contributed by atoms with Gasteiger partial charge in [-0.1, -0.05) is 18.2 Å². The lowest BCUT2D eigenvalue weighted by Gasteiger charge is -2.37. The molecule has 2 atom stereocenters. The molecule has 2 fully saturated rings. The number of hydrogen-bond acceptors (Lipinski definition) is 7. The lowest BCUT2D eigenvalue weighted by molar-refractivity contribution is -0.138. The van der Waals surface area contributed by atoms with Gasteiger partial charge in [0.2, 0.25) is 18.6 Å². The zero-order valence-corrected chi connectivity index (χ0v) is 22.7. The van der Waals surface area contributed by atoms with E-state index in [1.807, 2.05) is 65.6 Å². The first kappa shape index (κ1) is 26.0. The summed E-state index contributed by atoms with van der Waals surface area (Å²) in [5.41, 5.74) is 2.80. The van der Waals surface area contributed by atoms with Crippen molar-refractivity contribution in [2.24, 2.45) is 5.92 Å². The van der Waals surface area contributed by atoms with Crippen molar-refractivity contribution in [3.05, 3.63) is 77.9 Å². The first-order chi connectivity index (χ1) is 19.5. The van der Waals surface area contributed by atoms with Crippen LogP contribution in [-0.2, 0) is 16.1 Å². The molecule has 2 amide bonds. The Morgan fingerprint density at radius 2 is 1.50 bits per heavy atom. The van der Waals surface area contributed by atoms with Crippen LogP contribution in [0.1, 0.15) is 23.6 Å². The number of carbonyl (C=O) groups excluding carboxylic acids is 2. The summed E-state index contributed by atoms with van der Waals surface area (Å²) < 4.78 is 21.6. The summed E-state index contributed by atoms with van der Waals surface area (Å²) >= 11 is 0. The highest BCUT2D eigenvalue weighted by atomic mass is 16.7. The zero-order chi connectivity index (χ0) is 27.6. The standard InChI is InChI=1S/C31H33N3O6/c1-37-24-8-4-22(5-9-24)30-26(18-29(35)34(30)23-6-10-25(38-2)11-7-23)31(36)33-15-13-32(14-16-33)19-21-3-12-27-28(17-21)40-20-39-27/h3-12,17,26,30H,13-16,18-20H2,1-2H3. The number of nitrogens with zero attached hydrogens (tertiary/aromatic N) is 3. The Balaban J connectivity index is 1.18. The lowest BCUT2D eigenvalue weighted by Crippen LogP contribution is -2.50. The summed E-state index contributed by atoms with van der Waals surface area (Å²) in [5, 5.41) is 0. The van der Waals surface area contributed by atoms with E-state index in [2.05, 4.69) is 11.0 Å². The lowest BCUT2D eigenvalue weighted by atomic mass is 9.91. The summed E-state index contributed by atoms with van der Waals surface area (Å²) in [6, 6.07) is 20.7. The molecule has 9 nitrogen and oxygen atoms in total. The van der Waals surface area contributed by atoms with Crippen molar-refractivity contribution in [2.45, 2.75) is 19.0 Å². The van der Waals surface area contributed by atoms with Crippen LogP contribution in [0.25, 0.3) is 0 Å². The molecule has 3 aromatic carbocycles. The smallest absolute Gasteiger partial charge is 0.231 e. The Bertz CT molecular complexity index is 1370. The number of rotatable bonds is 7. The average Bonchev–Trinajstić information content (AvgIpc) is 3.61. The van der Waals surface area contributed by atoms with E-state index < -0.39 is 12.0 Å². The molecule has 0 N–H and O–H groups in total. The number of methoxy groups -OCH3 is 2. The van der Waals surface area contributed by atoms with Gasteiger partial charge in [0.15, 0.2) is 11.5 Å². The molecule has 9 heteroatoms. The Hall–Kier alpha value is -4.24. The minimum absolute atomic E-state index is 0.0212. The molecule has 0 bridgehead atoms. The number of carbonyl (C=O) groups is 2. The van der Waals surface area contributed by atoms with E-state index in [9.17, 15) is 9.59 Å². The molecule has 3 aliphatic rings. The summed E-state index contributed by atoms with van der Waals surface area (Å²) in [6.45, 7) is 3.79. The molecular formula is C31H33N3O6. The molecule has 6 rings (SSSR count). The normalized spacial score (nSPS) is 20.6. The van der Waals surface area contributed by atoms with E-state index in [4.69, 9.17) is 18.9 Å². The van der Waals surface area contributed by atoms with Gasteiger partial charge < -0.3 is 28.7 Å². The maximum Gasteiger partial charge on any atom is 0.231 e. The fraction of sp³-hybridized carbons (Fsp3) is 0.355. The molecule has 0 saturated carbocycles. The van der Waals surface area contributed by atoms with Crippen LogP contribution in [0, 0.1) is 5.92 Å². The Labute approximate surface area is 233 Å². The second kappa shape index (κ2) is 11.1. The van der Waals surface area contributed by atoms with Gasteiger partial charge in [0, 0.05) is 44.8 Å². The van der Waals surface area contributed by atoms with E-state index in [0.717, 1.165) is 53.7 Å². The maximum atomic E-state index is 14.0. The number of fused-ring (bicyclic) bond motifs is 1. The van der Waals surface area contributed by atoms with Crippen molar-refractivity contribution in [2.75, 3.05) is 52.1 Å². The minimum atomic E-state index is -0.483. The average molecular weight is 544 g/mol. The number of amides is 2. The first-order valence-electron chi connectivity index (χ1n) is 13.5. The van der Waals surface area contributed by atoms with E-state index in [0.29, 0.717) is 18.8 Å². The molecule has 0 aromatic heterocycles. The largest absolute Gasteiger partial charge is 0.497 e. The predicted molar refractivity (Wildman–Crippen MR) is 149 cm³/mol.